The van der Waals surface area contributed by atoms with E-state index < -0.39 is 0 Å². The predicted molar refractivity (Wildman–Crippen MR) is 70.7 cm³/mol. The van der Waals surface area contributed by atoms with Crippen LogP contribution in [-0.4, -0.2) is 18.1 Å². The van der Waals surface area contributed by atoms with Gasteiger partial charge in [0.2, 0.25) is 0 Å². The molecule has 0 unspecified atom stereocenters. The van der Waals surface area contributed by atoms with Crippen LogP contribution >= 0.6 is 0 Å². The summed E-state index contributed by atoms with van der Waals surface area (Å²) in [4.78, 5) is 4.33. The summed E-state index contributed by atoms with van der Waals surface area (Å²) >= 11 is 0. The highest BCUT2D eigenvalue weighted by atomic mass is 14.9. The quantitative estimate of drug-likeness (QED) is 0.818. The summed E-state index contributed by atoms with van der Waals surface area (Å²) in [6.45, 7) is 4.17. The molecule has 2 heterocycles. The standard InChI is InChI=1S/C15H17N3/c1-10-13(6-16)5-15(9-18-10)11-2-3-12-7-17-8-14(12)4-11/h2,5,9,12,14,17H,3-4,7-8H2,1H3/t12-,14+/m1/s1. The van der Waals surface area contributed by atoms with Crippen molar-refractivity contribution >= 4 is 5.57 Å². The lowest BCUT2D eigenvalue weighted by Gasteiger charge is -2.24. The average molecular weight is 239 g/mol. The SMILES string of the molecule is Cc1ncc(C2=CC[C@@H]3CNC[C@@H]3C2)cc1C#N. The van der Waals surface area contributed by atoms with Crippen molar-refractivity contribution in [2.45, 2.75) is 19.8 Å². The number of nitrogens with one attached hydrogen (secondary N) is 1. The lowest BCUT2D eigenvalue weighted by atomic mass is 9.80. The van der Waals surface area contributed by atoms with Gasteiger partial charge in [-0.15, -0.1) is 0 Å². The minimum atomic E-state index is 0.695. The minimum absolute atomic E-state index is 0.695. The summed E-state index contributed by atoms with van der Waals surface area (Å²) in [7, 11) is 0. The molecule has 2 atom stereocenters. The third-order valence-corrected chi connectivity index (χ3v) is 4.21. The molecule has 1 aliphatic heterocycles. The molecule has 1 saturated heterocycles. The first kappa shape index (κ1) is 11.4. The Balaban J connectivity index is 1.89. The minimum Gasteiger partial charge on any atom is -0.316 e. The fourth-order valence-electron chi connectivity index (χ4n) is 3.02. The Hall–Kier alpha value is -1.66. The van der Waals surface area contributed by atoms with Crippen LogP contribution in [0.1, 0.15) is 29.7 Å². The number of aryl methyl sites for hydroxylation is 1. The summed E-state index contributed by atoms with van der Waals surface area (Å²) in [6, 6.07) is 4.20. The first-order valence-corrected chi connectivity index (χ1v) is 6.55. The molecule has 18 heavy (non-hydrogen) atoms. The number of nitriles is 1. The molecular weight excluding hydrogens is 222 g/mol. The topological polar surface area (TPSA) is 48.7 Å². The van der Waals surface area contributed by atoms with E-state index in [1.54, 1.807) is 0 Å². The van der Waals surface area contributed by atoms with Gasteiger partial charge in [0.1, 0.15) is 6.07 Å². The van der Waals surface area contributed by atoms with Crippen molar-refractivity contribution < 1.29 is 0 Å². The Morgan fingerprint density at radius 1 is 1.39 bits per heavy atom. The smallest absolute Gasteiger partial charge is 0.101 e. The van der Waals surface area contributed by atoms with Gasteiger partial charge in [-0.05, 0) is 61.9 Å². The van der Waals surface area contributed by atoms with E-state index in [0.717, 1.165) is 49.0 Å². The second kappa shape index (κ2) is 4.55. The molecule has 1 fully saturated rings. The lowest BCUT2D eigenvalue weighted by Crippen LogP contribution is -2.16. The fraction of sp³-hybridized carbons (Fsp3) is 0.467. The highest BCUT2D eigenvalue weighted by Gasteiger charge is 2.30. The second-order valence-electron chi connectivity index (χ2n) is 5.32. The van der Waals surface area contributed by atoms with Crippen LogP contribution in [-0.2, 0) is 0 Å². The largest absolute Gasteiger partial charge is 0.316 e. The van der Waals surface area contributed by atoms with Crippen LogP contribution in [0, 0.1) is 30.1 Å². The van der Waals surface area contributed by atoms with Gasteiger partial charge in [0.25, 0.3) is 0 Å². The zero-order chi connectivity index (χ0) is 12.5. The molecule has 0 bridgehead atoms. The molecule has 3 nitrogen and oxygen atoms in total. The molecule has 0 amide bonds. The van der Waals surface area contributed by atoms with E-state index in [-0.39, 0.29) is 0 Å². The van der Waals surface area contributed by atoms with Crippen molar-refractivity contribution in [3.8, 4) is 6.07 Å². The molecule has 0 radical (unpaired) electrons. The Kier molecular flexibility index (Phi) is 2.89. The molecule has 0 spiro atoms. The van der Waals surface area contributed by atoms with Gasteiger partial charge in [-0.2, -0.15) is 5.26 Å². The highest BCUT2D eigenvalue weighted by Crippen LogP contribution is 2.36. The van der Waals surface area contributed by atoms with Crippen LogP contribution in [0.3, 0.4) is 0 Å². The first-order valence-electron chi connectivity index (χ1n) is 6.55. The number of allylic oxidation sites excluding steroid dienone is 2. The molecule has 1 aromatic rings. The maximum absolute atomic E-state index is 9.07. The van der Waals surface area contributed by atoms with Gasteiger partial charge in [0, 0.05) is 6.20 Å². The Labute approximate surface area is 108 Å². The Morgan fingerprint density at radius 3 is 3.06 bits per heavy atom. The summed E-state index contributed by atoms with van der Waals surface area (Å²) in [5.41, 5.74) is 4.00. The summed E-state index contributed by atoms with van der Waals surface area (Å²) < 4.78 is 0. The molecule has 2 aliphatic rings. The number of pyridine rings is 1. The molecule has 3 heteroatoms. The van der Waals surface area contributed by atoms with Crippen LogP contribution in [0.5, 0.6) is 0 Å². The molecule has 1 aromatic heterocycles. The number of aromatic nitrogens is 1. The number of rotatable bonds is 1. The van der Waals surface area contributed by atoms with Gasteiger partial charge in [0.15, 0.2) is 0 Å². The van der Waals surface area contributed by atoms with Crippen LogP contribution in [0.4, 0.5) is 0 Å². The van der Waals surface area contributed by atoms with Gasteiger partial charge < -0.3 is 5.32 Å². The molecule has 3 rings (SSSR count). The maximum Gasteiger partial charge on any atom is 0.101 e. The van der Waals surface area contributed by atoms with Gasteiger partial charge in [-0.25, -0.2) is 0 Å². The first-order chi connectivity index (χ1) is 8.78. The third kappa shape index (κ3) is 1.93. The zero-order valence-electron chi connectivity index (χ0n) is 10.6. The lowest BCUT2D eigenvalue weighted by molar-refractivity contribution is 0.418. The Morgan fingerprint density at radius 2 is 2.22 bits per heavy atom. The van der Waals surface area contributed by atoms with Gasteiger partial charge in [-0.1, -0.05) is 6.08 Å². The average Bonchev–Trinajstić information content (AvgIpc) is 2.86. The van der Waals surface area contributed by atoms with E-state index in [0.29, 0.717) is 5.56 Å². The molecule has 1 N–H and O–H groups in total. The van der Waals surface area contributed by atoms with Gasteiger partial charge in [-0.3, -0.25) is 4.98 Å². The van der Waals surface area contributed by atoms with E-state index in [1.165, 1.54) is 5.57 Å². The highest BCUT2D eigenvalue weighted by molar-refractivity contribution is 5.67. The second-order valence-corrected chi connectivity index (χ2v) is 5.32. The van der Waals surface area contributed by atoms with Crippen molar-refractivity contribution in [1.29, 1.82) is 5.26 Å². The maximum atomic E-state index is 9.07. The van der Waals surface area contributed by atoms with E-state index in [9.17, 15) is 0 Å². The molecule has 0 aromatic carbocycles. The molecule has 0 saturated carbocycles. The van der Waals surface area contributed by atoms with Crippen molar-refractivity contribution in [1.82, 2.24) is 10.3 Å². The van der Waals surface area contributed by atoms with Crippen molar-refractivity contribution in [3.05, 3.63) is 35.2 Å². The van der Waals surface area contributed by atoms with Crippen LogP contribution in [0.15, 0.2) is 18.3 Å². The van der Waals surface area contributed by atoms with Crippen molar-refractivity contribution in [2.75, 3.05) is 13.1 Å². The summed E-state index contributed by atoms with van der Waals surface area (Å²) in [5.74, 6) is 1.57. The summed E-state index contributed by atoms with van der Waals surface area (Å²) in [5, 5.41) is 12.5. The molecule has 92 valence electrons. The van der Waals surface area contributed by atoms with Crippen molar-refractivity contribution in [3.63, 3.8) is 0 Å². The molecule has 1 aliphatic carbocycles. The van der Waals surface area contributed by atoms with E-state index in [2.05, 4.69) is 22.4 Å². The third-order valence-electron chi connectivity index (χ3n) is 4.21. The van der Waals surface area contributed by atoms with E-state index in [4.69, 9.17) is 5.26 Å². The fourth-order valence-corrected chi connectivity index (χ4v) is 3.02. The van der Waals surface area contributed by atoms with Gasteiger partial charge >= 0.3 is 0 Å². The van der Waals surface area contributed by atoms with E-state index >= 15 is 0 Å². The van der Waals surface area contributed by atoms with Crippen LogP contribution in [0.2, 0.25) is 0 Å². The number of nitrogens with zero attached hydrogens (tertiary/aromatic N) is 2. The number of hydrogen-bond acceptors (Lipinski definition) is 3. The van der Waals surface area contributed by atoms with Crippen molar-refractivity contribution in [2.24, 2.45) is 11.8 Å². The normalized spacial score (nSPS) is 26.3. The zero-order valence-corrected chi connectivity index (χ0v) is 10.6. The number of hydrogen-bond donors (Lipinski definition) is 1. The van der Waals surface area contributed by atoms with Crippen LogP contribution in [0.25, 0.3) is 5.57 Å². The van der Waals surface area contributed by atoms with Gasteiger partial charge in [0.05, 0.1) is 11.3 Å². The monoisotopic (exact) mass is 239 g/mol. The van der Waals surface area contributed by atoms with E-state index in [1.807, 2.05) is 19.2 Å². The number of fused-ring (bicyclic) bond motifs is 1. The predicted octanol–water partition coefficient (Wildman–Crippen LogP) is 2.27. The summed E-state index contributed by atoms with van der Waals surface area (Å²) in [6.07, 6.45) is 6.52. The Bertz CT molecular complexity index is 539. The molecular formula is C15H17N3. The van der Waals surface area contributed by atoms with Crippen LogP contribution < -0.4 is 5.32 Å².